The van der Waals surface area contributed by atoms with Crippen LogP contribution < -0.4 is 4.90 Å². The second-order valence-electron chi connectivity index (χ2n) is 3.92. The Morgan fingerprint density at radius 1 is 1.44 bits per heavy atom. The molecule has 5 heteroatoms. The van der Waals surface area contributed by atoms with Gasteiger partial charge in [-0.1, -0.05) is 18.2 Å². The van der Waals surface area contributed by atoms with E-state index in [1.54, 1.807) is 5.38 Å². The van der Waals surface area contributed by atoms with Crippen LogP contribution in [0.4, 0.5) is 10.8 Å². The van der Waals surface area contributed by atoms with E-state index in [2.05, 4.69) is 4.98 Å². The number of alkyl halides is 1. The molecule has 1 aromatic carbocycles. The molecule has 1 aromatic heterocycles. The zero-order chi connectivity index (χ0) is 13.1. The molecule has 0 amide bonds. The average Bonchev–Trinajstić information content (AvgIpc) is 2.87. The number of rotatable bonds is 4. The molecule has 0 fully saturated rings. The van der Waals surface area contributed by atoms with Gasteiger partial charge in [0.15, 0.2) is 10.9 Å². The minimum Gasteiger partial charge on any atom is -0.321 e. The first-order valence-electron chi connectivity index (χ1n) is 5.47. The van der Waals surface area contributed by atoms with Crippen LogP contribution in [0.15, 0.2) is 29.6 Å². The highest BCUT2D eigenvalue weighted by Gasteiger charge is 2.14. The highest BCUT2D eigenvalue weighted by molar-refractivity contribution is 7.14. The van der Waals surface area contributed by atoms with Crippen LogP contribution in [0.3, 0.4) is 0 Å². The molecule has 0 saturated heterocycles. The van der Waals surface area contributed by atoms with Gasteiger partial charge in [-0.25, -0.2) is 4.98 Å². The summed E-state index contributed by atoms with van der Waals surface area (Å²) in [5, 5.41) is 2.53. The predicted octanol–water partition coefficient (Wildman–Crippen LogP) is 3.64. The lowest BCUT2D eigenvalue weighted by atomic mass is 10.2. The SMILES string of the molecule is Cc1ccccc1N(C)c1nc(C(=O)CCl)cs1. The van der Waals surface area contributed by atoms with Gasteiger partial charge in [0.1, 0.15) is 5.69 Å². The monoisotopic (exact) mass is 280 g/mol. The molecule has 2 rings (SSSR count). The van der Waals surface area contributed by atoms with E-state index < -0.39 is 0 Å². The summed E-state index contributed by atoms with van der Waals surface area (Å²) < 4.78 is 0. The van der Waals surface area contributed by atoms with Crippen LogP contribution in [0.1, 0.15) is 16.1 Å². The second kappa shape index (κ2) is 5.50. The van der Waals surface area contributed by atoms with E-state index in [9.17, 15) is 4.79 Å². The van der Waals surface area contributed by atoms with Gasteiger partial charge in [-0.2, -0.15) is 0 Å². The van der Waals surface area contributed by atoms with E-state index in [0.717, 1.165) is 10.8 Å². The number of hydrogen-bond acceptors (Lipinski definition) is 4. The Bertz CT molecular complexity index is 568. The fourth-order valence-electron chi connectivity index (χ4n) is 1.66. The number of hydrogen-bond donors (Lipinski definition) is 0. The van der Waals surface area contributed by atoms with Crippen molar-refractivity contribution < 1.29 is 4.79 Å². The molecule has 1 heterocycles. The van der Waals surface area contributed by atoms with Gasteiger partial charge in [-0.15, -0.1) is 22.9 Å². The van der Waals surface area contributed by atoms with Crippen LogP contribution in [-0.2, 0) is 0 Å². The Labute approximate surface area is 115 Å². The van der Waals surface area contributed by atoms with Crippen LogP contribution in [0.2, 0.25) is 0 Å². The quantitative estimate of drug-likeness (QED) is 0.633. The van der Waals surface area contributed by atoms with Crippen molar-refractivity contribution in [3.63, 3.8) is 0 Å². The van der Waals surface area contributed by atoms with Gasteiger partial charge in [0.25, 0.3) is 0 Å². The maximum atomic E-state index is 11.4. The zero-order valence-electron chi connectivity index (χ0n) is 10.2. The number of para-hydroxylation sites is 1. The van der Waals surface area contributed by atoms with Gasteiger partial charge < -0.3 is 4.90 Å². The largest absolute Gasteiger partial charge is 0.321 e. The molecule has 94 valence electrons. The zero-order valence-corrected chi connectivity index (χ0v) is 11.8. The van der Waals surface area contributed by atoms with Gasteiger partial charge in [0.2, 0.25) is 0 Å². The van der Waals surface area contributed by atoms with Crippen molar-refractivity contribution in [1.29, 1.82) is 0 Å². The fraction of sp³-hybridized carbons (Fsp3) is 0.231. The Kier molecular flexibility index (Phi) is 3.99. The van der Waals surface area contributed by atoms with Crippen LogP contribution in [0.25, 0.3) is 0 Å². The van der Waals surface area contributed by atoms with Crippen molar-refractivity contribution in [2.75, 3.05) is 17.8 Å². The molecule has 0 spiro atoms. The van der Waals surface area contributed by atoms with Crippen molar-refractivity contribution >= 4 is 39.5 Å². The molecule has 0 bridgehead atoms. The summed E-state index contributed by atoms with van der Waals surface area (Å²) in [4.78, 5) is 17.7. The summed E-state index contributed by atoms with van der Waals surface area (Å²) in [6.07, 6.45) is 0. The third-order valence-corrected chi connectivity index (χ3v) is 3.82. The standard InChI is InChI=1S/C13H13ClN2OS/c1-9-5-3-4-6-11(9)16(2)13-15-10(8-18-13)12(17)7-14/h3-6,8H,7H2,1-2H3. The molecule has 2 aromatic rings. The molecule has 0 aliphatic carbocycles. The summed E-state index contributed by atoms with van der Waals surface area (Å²) in [6, 6.07) is 8.05. The molecule has 0 N–H and O–H groups in total. The van der Waals surface area contributed by atoms with Gasteiger partial charge in [0, 0.05) is 18.1 Å². The molecule has 0 saturated carbocycles. The highest BCUT2D eigenvalue weighted by Crippen LogP contribution is 2.29. The number of carbonyl (C=O) groups excluding carboxylic acids is 1. The number of thiazole rings is 1. The summed E-state index contributed by atoms with van der Waals surface area (Å²) in [5.74, 6) is -0.172. The Balaban J connectivity index is 2.29. The van der Waals surface area contributed by atoms with Crippen molar-refractivity contribution in [1.82, 2.24) is 4.98 Å². The lowest BCUT2D eigenvalue weighted by Gasteiger charge is -2.17. The molecule has 0 aliphatic rings. The Morgan fingerprint density at radius 2 is 2.17 bits per heavy atom. The molecule has 0 radical (unpaired) electrons. The number of anilines is 2. The summed E-state index contributed by atoms with van der Waals surface area (Å²) in [7, 11) is 1.94. The smallest absolute Gasteiger partial charge is 0.196 e. The van der Waals surface area contributed by atoms with E-state index >= 15 is 0 Å². The molecule has 0 atom stereocenters. The number of ketones is 1. The first-order valence-corrected chi connectivity index (χ1v) is 6.89. The maximum Gasteiger partial charge on any atom is 0.196 e. The topological polar surface area (TPSA) is 33.2 Å². The summed E-state index contributed by atoms with van der Waals surface area (Å²) in [6.45, 7) is 2.05. The van der Waals surface area contributed by atoms with E-state index in [1.165, 1.54) is 16.9 Å². The van der Waals surface area contributed by atoms with Gasteiger partial charge in [-0.3, -0.25) is 4.79 Å². The van der Waals surface area contributed by atoms with Crippen molar-refractivity contribution in [2.24, 2.45) is 0 Å². The first kappa shape index (κ1) is 13.1. The van der Waals surface area contributed by atoms with Crippen LogP contribution >= 0.6 is 22.9 Å². The van der Waals surface area contributed by atoms with Gasteiger partial charge in [0.05, 0.1) is 5.88 Å². The minimum absolute atomic E-state index is 0.0305. The summed E-state index contributed by atoms with van der Waals surface area (Å²) >= 11 is 6.96. The molecular weight excluding hydrogens is 268 g/mol. The number of halogens is 1. The third kappa shape index (κ3) is 2.54. The minimum atomic E-state index is -0.141. The van der Waals surface area contributed by atoms with Crippen molar-refractivity contribution in [3.05, 3.63) is 40.9 Å². The van der Waals surface area contributed by atoms with Gasteiger partial charge >= 0.3 is 0 Å². The molecule has 3 nitrogen and oxygen atoms in total. The fourth-order valence-corrected chi connectivity index (χ4v) is 2.60. The molecule has 0 unspecified atom stereocenters. The third-order valence-electron chi connectivity index (χ3n) is 2.66. The molecule has 0 aliphatic heterocycles. The Hall–Kier alpha value is -1.39. The van der Waals surface area contributed by atoms with Crippen molar-refractivity contribution in [3.8, 4) is 0 Å². The van der Waals surface area contributed by atoms with Crippen LogP contribution in [0, 0.1) is 6.92 Å². The summed E-state index contributed by atoms with van der Waals surface area (Å²) in [5.41, 5.74) is 2.68. The van der Waals surface area contributed by atoms with E-state index in [4.69, 9.17) is 11.6 Å². The normalized spacial score (nSPS) is 10.4. The number of nitrogens with zero attached hydrogens (tertiary/aromatic N) is 2. The lowest BCUT2D eigenvalue weighted by molar-refractivity contribution is 0.101. The van der Waals surface area contributed by atoms with Crippen LogP contribution in [0.5, 0.6) is 0 Å². The first-order chi connectivity index (χ1) is 8.63. The van der Waals surface area contributed by atoms with E-state index in [0.29, 0.717) is 5.69 Å². The number of aromatic nitrogens is 1. The number of aryl methyl sites for hydroxylation is 1. The van der Waals surface area contributed by atoms with Gasteiger partial charge in [-0.05, 0) is 18.6 Å². The second-order valence-corrected chi connectivity index (χ2v) is 5.02. The van der Waals surface area contributed by atoms with E-state index in [1.807, 2.05) is 43.1 Å². The lowest BCUT2D eigenvalue weighted by Crippen LogP contribution is -2.11. The molecular formula is C13H13ClN2OS. The van der Waals surface area contributed by atoms with Crippen LogP contribution in [-0.4, -0.2) is 23.7 Å². The highest BCUT2D eigenvalue weighted by atomic mass is 35.5. The number of carbonyl (C=O) groups is 1. The van der Waals surface area contributed by atoms with E-state index in [-0.39, 0.29) is 11.7 Å². The van der Waals surface area contributed by atoms with Crippen molar-refractivity contribution in [2.45, 2.75) is 6.92 Å². The maximum absolute atomic E-state index is 11.4. The number of Topliss-reactive ketones (excluding diaryl/α,β-unsaturated/α-hetero) is 1. The number of benzene rings is 1. The predicted molar refractivity (Wildman–Crippen MR) is 76.4 cm³/mol. The molecule has 18 heavy (non-hydrogen) atoms. The average molecular weight is 281 g/mol. The Morgan fingerprint density at radius 3 is 2.83 bits per heavy atom.